The molecule has 0 aromatic carbocycles. The molecule has 0 heterocycles. The molecule has 2 amide bonds. The molecule has 10 heteroatoms. The minimum Gasteiger partial charge on any atom is -0.274 e. The van der Waals surface area contributed by atoms with Crippen molar-refractivity contribution in [1.82, 2.24) is 20.9 Å². The van der Waals surface area contributed by atoms with Crippen molar-refractivity contribution >= 4 is 23.5 Å². The second kappa shape index (κ2) is 7.62. The van der Waals surface area contributed by atoms with Gasteiger partial charge in [-0.25, -0.2) is 0 Å². The van der Waals surface area contributed by atoms with Gasteiger partial charge >= 0.3 is 0 Å². The average molecular weight is 372 g/mol. The van der Waals surface area contributed by atoms with E-state index in [2.05, 4.69) is 25.9 Å². The van der Waals surface area contributed by atoms with Crippen molar-refractivity contribution in [2.75, 3.05) is 14.1 Å². The van der Waals surface area contributed by atoms with Crippen molar-refractivity contribution in [2.45, 2.75) is 46.0 Å². The summed E-state index contributed by atoms with van der Waals surface area (Å²) >= 11 is 0. The Bertz CT molecular complexity index is 701. The van der Waals surface area contributed by atoms with E-state index < -0.39 is 18.2 Å². The lowest BCUT2D eigenvalue weighted by molar-refractivity contribution is -0.132. The van der Waals surface area contributed by atoms with E-state index in [0.717, 1.165) is 25.7 Å². The minimum absolute atomic E-state index is 0.211. The highest BCUT2D eigenvalue weighted by molar-refractivity contribution is 6.00. The molecule has 0 spiro atoms. The van der Waals surface area contributed by atoms with Crippen LogP contribution < -0.4 is 10.9 Å². The highest BCUT2D eigenvalue weighted by Crippen LogP contribution is 2.47. The number of amides is 2. The first-order valence-corrected chi connectivity index (χ1v) is 8.64. The molecule has 0 aliphatic heterocycles. The fraction of sp³-hybridized carbons (Fsp3) is 0.647. The molecule has 2 aliphatic rings. The van der Waals surface area contributed by atoms with Gasteiger partial charge in [-0.3, -0.25) is 30.5 Å². The number of hydrogen-bond donors (Lipinski definition) is 2. The molecule has 0 aromatic rings. The second-order valence-electron chi connectivity index (χ2n) is 7.55. The van der Waals surface area contributed by atoms with E-state index in [0.29, 0.717) is 11.7 Å². The molecular formula is C17H24N8O2. The van der Waals surface area contributed by atoms with E-state index in [4.69, 9.17) is 11.8 Å². The summed E-state index contributed by atoms with van der Waals surface area (Å²) in [4.78, 5) is 31.2. The van der Waals surface area contributed by atoms with E-state index in [1.165, 1.54) is 10.0 Å². The molecule has 2 aliphatic carbocycles. The van der Waals surface area contributed by atoms with Crippen LogP contribution in [0.4, 0.5) is 0 Å². The summed E-state index contributed by atoms with van der Waals surface area (Å²) in [5.74, 6) is -0.0983. The molecule has 2 N–H and O–H groups in total. The Kier molecular flexibility index (Phi) is 5.69. The molecule has 2 rings (SSSR count). The van der Waals surface area contributed by atoms with Crippen LogP contribution in [0.1, 0.15) is 46.0 Å². The summed E-state index contributed by atoms with van der Waals surface area (Å²) < 4.78 is 0. The summed E-state index contributed by atoms with van der Waals surface area (Å²) in [6.45, 7) is 10.9. The summed E-state index contributed by atoms with van der Waals surface area (Å²) in [5.41, 5.74) is 4.71. The predicted molar refractivity (Wildman–Crippen MR) is 98.2 cm³/mol. The molecule has 10 nitrogen and oxygen atoms in total. The standard InChI is InChI=1S/C17H24N8O2/c1-16(6-7-16)14(20-11-18)24(4)22-12(26)10-13(27)23-25(5)15(21-19-3)17(2)8-9-17/h6-10H2,1-2,4-5H3,(H,22,26)(H,23,27)/b20-14+,21-15+. The van der Waals surface area contributed by atoms with Gasteiger partial charge in [0.25, 0.3) is 0 Å². The third-order valence-corrected chi connectivity index (χ3v) is 4.92. The van der Waals surface area contributed by atoms with E-state index in [1.807, 2.05) is 13.8 Å². The molecule has 2 fully saturated rings. The fourth-order valence-corrected chi connectivity index (χ4v) is 2.83. The molecular weight excluding hydrogens is 348 g/mol. The number of rotatable bonds is 4. The molecule has 144 valence electrons. The van der Waals surface area contributed by atoms with Crippen LogP contribution in [0.15, 0.2) is 10.1 Å². The normalized spacial score (nSPS) is 19.2. The van der Waals surface area contributed by atoms with Crippen molar-refractivity contribution in [3.8, 4) is 6.19 Å². The van der Waals surface area contributed by atoms with Gasteiger partial charge in [0.1, 0.15) is 17.4 Å². The number of nitriles is 1. The monoisotopic (exact) mass is 372 g/mol. The van der Waals surface area contributed by atoms with Crippen LogP contribution in [0.5, 0.6) is 0 Å². The number of hydrogen-bond acceptors (Lipinski definition) is 5. The molecule has 0 radical (unpaired) electrons. The van der Waals surface area contributed by atoms with Crippen molar-refractivity contribution < 1.29 is 9.59 Å². The first-order chi connectivity index (χ1) is 12.6. The largest absolute Gasteiger partial charge is 0.274 e. The van der Waals surface area contributed by atoms with Crippen LogP contribution >= 0.6 is 0 Å². The lowest BCUT2D eigenvalue weighted by atomic mass is 10.1. The van der Waals surface area contributed by atoms with Crippen LogP contribution in [0.25, 0.3) is 4.95 Å². The SMILES string of the molecule is [C-]#[N+]/N=C(/N(C)NC(=O)CC(=O)NN(C)/C(=N/C#N)C1(C)CC1)C1(C)CC1. The lowest BCUT2D eigenvalue weighted by Gasteiger charge is -2.25. The van der Waals surface area contributed by atoms with Crippen LogP contribution in [0, 0.1) is 28.9 Å². The smallest absolute Gasteiger partial charge is 0.248 e. The number of nitrogens with one attached hydrogen (secondary N) is 2. The van der Waals surface area contributed by atoms with Crippen LogP contribution in [0.2, 0.25) is 0 Å². The van der Waals surface area contributed by atoms with Crippen molar-refractivity contribution in [3.63, 3.8) is 0 Å². The van der Waals surface area contributed by atoms with Crippen molar-refractivity contribution in [3.05, 3.63) is 11.5 Å². The first kappa shape index (κ1) is 20.2. The summed E-state index contributed by atoms with van der Waals surface area (Å²) in [7, 11) is 3.19. The summed E-state index contributed by atoms with van der Waals surface area (Å²) in [5, 5.41) is 15.4. The van der Waals surface area contributed by atoms with Gasteiger partial charge in [-0.15, -0.1) is 4.95 Å². The number of amidine groups is 2. The lowest BCUT2D eigenvalue weighted by Crippen LogP contribution is -2.50. The van der Waals surface area contributed by atoms with E-state index in [-0.39, 0.29) is 10.8 Å². The topological polar surface area (TPSA) is 118 Å². The number of aliphatic imine (C=N–C) groups is 1. The van der Waals surface area contributed by atoms with Gasteiger partial charge in [0.15, 0.2) is 0 Å². The molecule has 2 saturated carbocycles. The number of nitrogens with zero attached hydrogens (tertiary/aromatic N) is 6. The Balaban J connectivity index is 1.89. The molecule has 0 unspecified atom stereocenters. The maximum absolute atomic E-state index is 12.2. The van der Waals surface area contributed by atoms with Gasteiger partial charge < -0.3 is 0 Å². The zero-order chi connectivity index (χ0) is 20.2. The Morgan fingerprint density at radius 2 is 1.52 bits per heavy atom. The molecule has 0 aromatic heterocycles. The molecule has 0 saturated heterocycles. The first-order valence-electron chi connectivity index (χ1n) is 8.64. The van der Waals surface area contributed by atoms with E-state index in [9.17, 15) is 9.59 Å². The van der Waals surface area contributed by atoms with Gasteiger partial charge in [0.2, 0.25) is 23.8 Å². The highest BCUT2D eigenvalue weighted by Gasteiger charge is 2.47. The molecule has 0 bridgehead atoms. The maximum Gasteiger partial charge on any atom is 0.248 e. The number of hydrazine groups is 2. The summed E-state index contributed by atoms with van der Waals surface area (Å²) in [6, 6.07) is 0. The Morgan fingerprint density at radius 3 is 1.93 bits per heavy atom. The van der Waals surface area contributed by atoms with E-state index >= 15 is 0 Å². The van der Waals surface area contributed by atoms with Crippen LogP contribution in [-0.2, 0) is 9.59 Å². The zero-order valence-corrected chi connectivity index (χ0v) is 16.0. The van der Waals surface area contributed by atoms with Gasteiger partial charge in [-0.1, -0.05) is 13.8 Å². The van der Waals surface area contributed by atoms with Gasteiger partial charge in [0, 0.05) is 24.9 Å². The second-order valence-corrected chi connectivity index (χ2v) is 7.55. The highest BCUT2D eigenvalue weighted by atomic mass is 16.2. The Hall–Kier alpha value is -3.14. The number of carbonyl (C=O) groups is 2. The molecule has 27 heavy (non-hydrogen) atoms. The van der Waals surface area contributed by atoms with Gasteiger partial charge in [-0.05, 0) is 25.7 Å². The van der Waals surface area contributed by atoms with Gasteiger partial charge in [0.05, 0.1) is 0 Å². The zero-order valence-electron chi connectivity index (χ0n) is 16.0. The molecule has 0 atom stereocenters. The Labute approximate surface area is 158 Å². The van der Waals surface area contributed by atoms with Crippen molar-refractivity contribution in [1.29, 1.82) is 5.26 Å². The van der Waals surface area contributed by atoms with Crippen LogP contribution in [0.3, 0.4) is 0 Å². The van der Waals surface area contributed by atoms with Gasteiger partial charge in [-0.2, -0.15) is 16.8 Å². The Morgan fingerprint density at radius 1 is 1.07 bits per heavy atom. The maximum atomic E-state index is 12.2. The fourth-order valence-electron chi connectivity index (χ4n) is 2.83. The van der Waals surface area contributed by atoms with E-state index in [1.54, 1.807) is 20.3 Å². The predicted octanol–water partition coefficient (Wildman–Crippen LogP) is 1.02. The summed E-state index contributed by atoms with van der Waals surface area (Å²) in [6.07, 6.45) is 4.91. The van der Waals surface area contributed by atoms with Crippen LogP contribution in [-0.4, -0.2) is 47.6 Å². The third-order valence-electron chi connectivity index (χ3n) is 4.92. The third kappa shape index (κ3) is 4.94. The quantitative estimate of drug-likeness (QED) is 0.191. The minimum atomic E-state index is -0.528. The average Bonchev–Trinajstić information content (AvgIpc) is 3.49. The number of carbonyl (C=O) groups excluding carboxylic acids is 2. The van der Waals surface area contributed by atoms with Crippen molar-refractivity contribution in [2.24, 2.45) is 20.9 Å².